The van der Waals surface area contributed by atoms with Crippen molar-refractivity contribution in [3.63, 3.8) is 0 Å². The fourth-order valence-corrected chi connectivity index (χ4v) is 4.31. The maximum absolute atomic E-state index is 12.6. The quantitative estimate of drug-likeness (QED) is 0.834. The highest BCUT2D eigenvalue weighted by Crippen LogP contribution is 2.32. The van der Waals surface area contributed by atoms with Crippen LogP contribution < -0.4 is 5.32 Å². The van der Waals surface area contributed by atoms with E-state index >= 15 is 0 Å². The van der Waals surface area contributed by atoms with Gasteiger partial charge in [0.2, 0.25) is 5.91 Å². The average Bonchev–Trinajstić information content (AvgIpc) is 3.21. The molecule has 1 N–H and O–H groups in total. The molecular formula is C21H32N2O3. The van der Waals surface area contributed by atoms with Gasteiger partial charge in [0.25, 0.3) is 5.91 Å². The highest BCUT2D eigenvalue weighted by Gasteiger charge is 2.30. The fraction of sp³-hybridized carbons (Fsp3) is 0.714. The molecule has 1 aromatic heterocycles. The number of nitrogens with zero attached hydrogens (tertiary/aromatic N) is 1. The van der Waals surface area contributed by atoms with Crippen molar-refractivity contribution in [1.82, 2.24) is 10.2 Å². The van der Waals surface area contributed by atoms with E-state index in [1.165, 1.54) is 38.4 Å². The Balaban J connectivity index is 1.38. The van der Waals surface area contributed by atoms with E-state index in [-0.39, 0.29) is 23.8 Å². The number of hydrogen-bond donors (Lipinski definition) is 1. The molecule has 0 radical (unpaired) electrons. The molecule has 1 saturated heterocycles. The van der Waals surface area contributed by atoms with Gasteiger partial charge >= 0.3 is 0 Å². The molecule has 144 valence electrons. The first-order valence-corrected chi connectivity index (χ1v) is 10.3. The number of hydrogen-bond acceptors (Lipinski definition) is 3. The molecule has 1 aliphatic heterocycles. The zero-order valence-corrected chi connectivity index (χ0v) is 15.9. The fourth-order valence-electron chi connectivity index (χ4n) is 4.31. The largest absolute Gasteiger partial charge is 0.459 e. The zero-order valence-electron chi connectivity index (χ0n) is 15.9. The SMILES string of the molecule is CCCCC1CCC(C(=O)NC2CCN(C(=O)c3ccco3)CC2)CC1. The lowest BCUT2D eigenvalue weighted by Gasteiger charge is -2.34. The number of furan rings is 1. The van der Waals surface area contributed by atoms with Gasteiger partial charge in [0.15, 0.2) is 5.76 Å². The molecule has 1 saturated carbocycles. The van der Waals surface area contributed by atoms with Crippen LogP contribution in [0.25, 0.3) is 0 Å². The molecule has 26 heavy (non-hydrogen) atoms. The van der Waals surface area contributed by atoms with Crippen LogP contribution in [0.15, 0.2) is 22.8 Å². The van der Waals surface area contributed by atoms with E-state index in [0.29, 0.717) is 18.8 Å². The van der Waals surface area contributed by atoms with Crippen molar-refractivity contribution < 1.29 is 14.0 Å². The van der Waals surface area contributed by atoms with Crippen molar-refractivity contribution in [2.75, 3.05) is 13.1 Å². The summed E-state index contributed by atoms with van der Waals surface area (Å²) in [6.45, 7) is 3.59. The molecule has 1 aliphatic carbocycles. The lowest BCUT2D eigenvalue weighted by Crippen LogP contribution is -2.48. The second-order valence-corrected chi connectivity index (χ2v) is 7.91. The van der Waals surface area contributed by atoms with E-state index in [1.807, 2.05) is 4.90 Å². The molecule has 1 aromatic rings. The summed E-state index contributed by atoms with van der Waals surface area (Å²) >= 11 is 0. The van der Waals surface area contributed by atoms with Crippen LogP contribution in [0.3, 0.4) is 0 Å². The van der Waals surface area contributed by atoms with Gasteiger partial charge in [0.05, 0.1) is 6.26 Å². The molecule has 2 aliphatic rings. The van der Waals surface area contributed by atoms with Crippen LogP contribution >= 0.6 is 0 Å². The van der Waals surface area contributed by atoms with E-state index in [1.54, 1.807) is 12.1 Å². The molecule has 5 nitrogen and oxygen atoms in total. The Morgan fingerprint density at radius 3 is 2.50 bits per heavy atom. The van der Waals surface area contributed by atoms with E-state index in [4.69, 9.17) is 4.42 Å². The summed E-state index contributed by atoms with van der Waals surface area (Å²) < 4.78 is 5.19. The summed E-state index contributed by atoms with van der Waals surface area (Å²) in [4.78, 5) is 26.7. The van der Waals surface area contributed by atoms with Crippen LogP contribution in [0, 0.1) is 11.8 Å². The Hall–Kier alpha value is -1.78. The Morgan fingerprint density at radius 2 is 1.88 bits per heavy atom. The van der Waals surface area contributed by atoms with Gasteiger partial charge in [-0.25, -0.2) is 0 Å². The highest BCUT2D eigenvalue weighted by atomic mass is 16.3. The molecule has 0 bridgehead atoms. The van der Waals surface area contributed by atoms with Crippen molar-refractivity contribution in [3.8, 4) is 0 Å². The Labute approximate surface area is 156 Å². The molecule has 0 spiro atoms. The first-order valence-electron chi connectivity index (χ1n) is 10.3. The molecule has 0 atom stereocenters. The van der Waals surface area contributed by atoms with Crippen LogP contribution in [-0.2, 0) is 4.79 Å². The van der Waals surface area contributed by atoms with E-state index < -0.39 is 0 Å². The molecular weight excluding hydrogens is 328 g/mol. The second-order valence-electron chi connectivity index (χ2n) is 7.91. The van der Waals surface area contributed by atoms with Crippen molar-refractivity contribution in [2.24, 2.45) is 11.8 Å². The number of carbonyl (C=O) groups is 2. The molecule has 2 amide bonds. The summed E-state index contributed by atoms with van der Waals surface area (Å²) in [5, 5.41) is 3.24. The van der Waals surface area contributed by atoms with Crippen molar-refractivity contribution in [2.45, 2.75) is 70.8 Å². The zero-order chi connectivity index (χ0) is 18.4. The lowest BCUT2D eigenvalue weighted by molar-refractivity contribution is -0.127. The molecule has 0 aromatic carbocycles. The third-order valence-corrected chi connectivity index (χ3v) is 6.04. The number of unbranched alkanes of at least 4 members (excludes halogenated alkanes) is 1. The van der Waals surface area contributed by atoms with Gasteiger partial charge in [0, 0.05) is 25.0 Å². The number of likely N-dealkylation sites (tertiary alicyclic amines) is 1. The second kappa shape index (κ2) is 9.24. The van der Waals surface area contributed by atoms with E-state index in [0.717, 1.165) is 31.6 Å². The number of rotatable bonds is 6. The Bertz CT molecular complexity index is 568. The molecule has 3 rings (SSSR count). The van der Waals surface area contributed by atoms with E-state index in [9.17, 15) is 9.59 Å². The topological polar surface area (TPSA) is 62.6 Å². The maximum Gasteiger partial charge on any atom is 0.289 e. The van der Waals surface area contributed by atoms with Gasteiger partial charge in [-0.2, -0.15) is 0 Å². The predicted octanol–water partition coefficient (Wildman–Crippen LogP) is 4.00. The molecule has 0 unspecified atom stereocenters. The van der Waals surface area contributed by atoms with Crippen LogP contribution in [0.5, 0.6) is 0 Å². The van der Waals surface area contributed by atoms with Gasteiger partial charge in [-0.05, 0) is 56.6 Å². The number of piperidine rings is 1. The number of carbonyl (C=O) groups excluding carboxylic acids is 2. The minimum absolute atomic E-state index is 0.0508. The van der Waals surface area contributed by atoms with Crippen LogP contribution in [0.4, 0.5) is 0 Å². The minimum Gasteiger partial charge on any atom is -0.459 e. The van der Waals surface area contributed by atoms with E-state index in [2.05, 4.69) is 12.2 Å². The van der Waals surface area contributed by atoms with Crippen LogP contribution in [-0.4, -0.2) is 35.8 Å². The van der Waals surface area contributed by atoms with Crippen molar-refractivity contribution in [3.05, 3.63) is 24.2 Å². The van der Waals surface area contributed by atoms with Gasteiger partial charge in [-0.1, -0.05) is 26.2 Å². The maximum atomic E-state index is 12.6. The summed E-state index contributed by atoms with van der Waals surface area (Å²) in [7, 11) is 0. The first-order chi connectivity index (χ1) is 12.7. The van der Waals surface area contributed by atoms with Gasteiger partial charge in [-0.15, -0.1) is 0 Å². The average molecular weight is 360 g/mol. The molecule has 2 fully saturated rings. The van der Waals surface area contributed by atoms with Crippen LogP contribution in [0.1, 0.15) is 75.3 Å². The highest BCUT2D eigenvalue weighted by molar-refractivity contribution is 5.91. The monoisotopic (exact) mass is 360 g/mol. The lowest BCUT2D eigenvalue weighted by atomic mass is 9.79. The first kappa shape index (κ1) is 19.0. The normalized spacial score (nSPS) is 24.4. The summed E-state index contributed by atoms with van der Waals surface area (Å²) in [6.07, 6.45) is 11.6. The van der Waals surface area contributed by atoms with Gasteiger partial charge < -0.3 is 14.6 Å². The predicted molar refractivity (Wildman–Crippen MR) is 101 cm³/mol. The smallest absolute Gasteiger partial charge is 0.289 e. The molecule has 2 heterocycles. The van der Waals surface area contributed by atoms with Gasteiger partial charge in [0.1, 0.15) is 0 Å². The third kappa shape index (κ3) is 4.89. The van der Waals surface area contributed by atoms with Gasteiger partial charge in [-0.3, -0.25) is 9.59 Å². The summed E-state index contributed by atoms with van der Waals surface area (Å²) in [5.41, 5.74) is 0. The number of amides is 2. The summed E-state index contributed by atoms with van der Waals surface area (Å²) in [6, 6.07) is 3.63. The standard InChI is InChI=1S/C21H32N2O3/c1-2-3-5-16-7-9-17(10-8-16)20(24)22-18-11-13-23(14-12-18)21(25)19-6-4-15-26-19/h4,6,15-18H,2-3,5,7-14H2,1H3,(H,22,24). The number of nitrogens with one attached hydrogen (secondary N) is 1. The third-order valence-electron chi connectivity index (χ3n) is 6.04. The Kier molecular flexibility index (Phi) is 6.75. The van der Waals surface area contributed by atoms with Crippen molar-refractivity contribution >= 4 is 11.8 Å². The minimum atomic E-state index is -0.0508. The summed E-state index contributed by atoms with van der Waals surface area (Å²) in [5.74, 6) is 1.60. The Morgan fingerprint density at radius 1 is 1.15 bits per heavy atom. The molecule has 5 heteroatoms. The van der Waals surface area contributed by atoms with Crippen molar-refractivity contribution in [1.29, 1.82) is 0 Å². The van der Waals surface area contributed by atoms with Crippen LogP contribution in [0.2, 0.25) is 0 Å².